The van der Waals surface area contributed by atoms with Gasteiger partial charge in [-0.1, -0.05) is 23.2 Å². The second-order valence-electron chi connectivity index (χ2n) is 4.28. The highest BCUT2D eigenvalue weighted by Crippen LogP contribution is 2.25. The maximum Gasteiger partial charge on any atom is 0.243 e. The van der Waals surface area contributed by atoms with Gasteiger partial charge in [-0.2, -0.15) is 11.8 Å². The molecule has 0 aliphatic rings. The molecule has 0 aliphatic carbocycles. The standard InChI is InChI=1S/C13H17Cl2N3O2S/c1-21-5-4-10(16)13(20)17-7-12(19)18-11-6-8(14)2-3-9(11)15/h2-3,6,10H,4-5,7,16H2,1H3,(H,17,20)(H,18,19)/t10-/m0/s1. The maximum atomic E-state index is 11.7. The van der Waals surface area contributed by atoms with Crippen molar-refractivity contribution in [3.8, 4) is 0 Å². The number of halogens is 2. The van der Waals surface area contributed by atoms with Crippen molar-refractivity contribution in [3.63, 3.8) is 0 Å². The van der Waals surface area contributed by atoms with Crippen LogP contribution in [-0.4, -0.2) is 36.4 Å². The van der Waals surface area contributed by atoms with Gasteiger partial charge >= 0.3 is 0 Å². The molecule has 0 fully saturated rings. The second kappa shape index (κ2) is 9.15. The van der Waals surface area contributed by atoms with Crippen LogP contribution in [0, 0.1) is 0 Å². The molecule has 8 heteroatoms. The molecule has 4 N–H and O–H groups in total. The van der Waals surface area contributed by atoms with Crippen molar-refractivity contribution in [3.05, 3.63) is 28.2 Å². The summed E-state index contributed by atoms with van der Waals surface area (Å²) in [5.41, 5.74) is 6.09. The van der Waals surface area contributed by atoms with E-state index in [4.69, 9.17) is 28.9 Å². The summed E-state index contributed by atoms with van der Waals surface area (Å²) in [5, 5.41) is 5.89. The summed E-state index contributed by atoms with van der Waals surface area (Å²) in [6.07, 6.45) is 2.50. The van der Waals surface area contributed by atoms with E-state index in [2.05, 4.69) is 10.6 Å². The summed E-state index contributed by atoms with van der Waals surface area (Å²) in [5.74, 6) is 0.0415. The Morgan fingerprint density at radius 2 is 2.10 bits per heavy atom. The lowest BCUT2D eigenvalue weighted by Crippen LogP contribution is -2.43. The highest BCUT2D eigenvalue weighted by Gasteiger charge is 2.14. The number of carbonyl (C=O) groups is 2. The van der Waals surface area contributed by atoms with E-state index in [1.165, 1.54) is 6.07 Å². The minimum atomic E-state index is -0.611. The molecule has 0 radical (unpaired) electrons. The number of benzene rings is 1. The van der Waals surface area contributed by atoms with E-state index in [9.17, 15) is 9.59 Å². The zero-order valence-corrected chi connectivity index (χ0v) is 13.8. The van der Waals surface area contributed by atoms with Crippen LogP contribution in [0.3, 0.4) is 0 Å². The number of hydrogen-bond acceptors (Lipinski definition) is 4. The average molecular weight is 350 g/mol. The first-order valence-electron chi connectivity index (χ1n) is 6.21. The van der Waals surface area contributed by atoms with Crippen molar-refractivity contribution in [2.45, 2.75) is 12.5 Å². The molecule has 5 nitrogen and oxygen atoms in total. The van der Waals surface area contributed by atoms with Gasteiger partial charge in [-0.05, 0) is 36.6 Å². The van der Waals surface area contributed by atoms with Gasteiger partial charge in [-0.25, -0.2) is 0 Å². The van der Waals surface area contributed by atoms with Gasteiger partial charge in [0.15, 0.2) is 0 Å². The van der Waals surface area contributed by atoms with Crippen LogP contribution >= 0.6 is 35.0 Å². The van der Waals surface area contributed by atoms with Crippen molar-refractivity contribution in [2.75, 3.05) is 23.9 Å². The summed E-state index contributed by atoms with van der Waals surface area (Å²) in [6, 6.07) is 4.12. The van der Waals surface area contributed by atoms with Gasteiger partial charge in [-0.15, -0.1) is 0 Å². The van der Waals surface area contributed by atoms with E-state index in [1.807, 2.05) is 6.26 Å². The fourth-order valence-electron chi connectivity index (χ4n) is 1.46. The van der Waals surface area contributed by atoms with Crippen LogP contribution in [0.5, 0.6) is 0 Å². The van der Waals surface area contributed by atoms with Gasteiger partial charge in [-0.3, -0.25) is 9.59 Å². The third kappa shape index (κ3) is 6.56. The molecule has 0 saturated heterocycles. The Balaban J connectivity index is 2.44. The number of rotatable bonds is 7. The van der Waals surface area contributed by atoms with Crippen molar-refractivity contribution >= 4 is 52.5 Å². The zero-order valence-electron chi connectivity index (χ0n) is 11.5. The highest BCUT2D eigenvalue weighted by molar-refractivity contribution is 7.98. The Hall–Kier alpha value is -0.950. The van der Waals surface area contributed by atoms with Crippen molar-refractivity contribution < 1.29 is 9.59 Å². The van der Waals surface area contributed by atoms with Gasteiger partial charge in [0.2, 0.25) is 11.8 Å². The molecule has 0 spiro atoms. The third-order valence-electron chi connectivity index (χ3n) is 2.60. The fourth-order valence-corrected chi connectivity index (χ4v) is 2.29. The number of hydrogen-bond donors (Lipinski definition) is 3. The Kier molecular flexibility index (Phi) is 7.88. The Morgan fingerprint density at radius 1 is 1.38 bits per heavy atom. The fraction of sp³-hybridized carbons (Fsp3) is 0.385. The summed E-state index contributed by atoms with van der Waals surface area (Å²) in [7, 11) is 0. The predicted molar refractivity (Wildman–Crippen MR) is 89.1 cm³/mol. The van der Waals surface area contributed by atoms with Crippen LogP contribution in [0.15, 0.2) is 18.2 Å². The van der Waals surface area contributed by atoms with Gasteiger partial charge in [0.25, 0.3) is 0 Å². The van der Waals surface area contributed by atoms with Crippen LogP contribution < -0.4 is 16.4 Å². The molecule has 0 aromatic heterocycles. The molecule has 1 aromatic rings. The van der Waals surface area contributed by atoms with E-state index >= 15 is 0 Å². The van der Waals surface area contributed by atoms with E-state index in [0.29, 0.717) is 22.2 Å². The Morgan fingerprint density at radius 3 is 2.76 bits per heavy atom. The predicted octanol–water partition coefficient (Wildman–Crippen LogP) is 2.13. The van der Waals surface area contributed by atoms with Crippen molar-refractivity contribution in [1.82, 2.24) is 5.32 Å². The molecule has 21 heavy (non-hydrogen) atoms. The van der Waals surface area contributed by atoms with Crippen molar-refractivity contribution in [1.29, 1.82) is 0 Å². The van der Waals surface area contributed by atoms with Crippen molar-refractivity contribution in [2.24, 2.45) is 5.73 Å². The SMILES string of the molecule is CSCC[C@H](N)C(=O)NCC(=O)Nc1cc(Cl)ccc1Cl. The minimum absolute atomic E-state index is 0.172. The zero-order chi connectivity index (χ0) is 15.8. The monoisotopic (exact) mass is 349 g/mol. The molecule has 1 atom stereocenters. The Labute approximate surface area is 137 Å². The van der Waals surface area contributed by atoms with E-state index < -0.39 is 11.9 Å². The van der Waals surface area contributed by atoms with Crippen LogP contribution in [0.4, 0.5) is 5.69 Å². The molecule has 0 saturated carbocycles. The smallest absolute Gasteiger partial charge is 0.243 e. The van der Waals surface area contributed by atoms with Gasteiger partial charge in [0.1, 0.15) is 0 Å². The van der Waals surface area contributed by atoms with Gasteiger partial charge < -0.3 is 16.4 Å². The van der Waals surface area contributed by atoms with Crippen LogP contribution in [0.2, 0.25) is 10.0 Å². The number of thioether (sulfide) groups is 1. The maximum absolute atomic E-state index is 11.7. The lowest BCUT2D eigenvalue weighted by Gasteiger charge is -2.12. The molecule has 2 amide bonds. The molecule has 116 valence electrons. The average Bonchev–Trinajstić information content (AvgIpc) is 2.46. The summed E-state index contributed by atoms with van der Waals surface area (Å²) >= 11 is 13.4. The van der Waals surface area contributed by atoms with Gasteiger partial charge in [0.05, 0.1) is 23.3 Å². The number of nitrogens with one attached hydrogen (secondary N) is 2. The van der Waals surface area contributed by atoms with Gasteiger partial charge in [0, 0.05) is 5.02 Å². The topological polar surface area (TPSA) is 84.2 Å². The van der Waals surface area contributed by atoms with E-state index in [-0.39, 0.29) is 12.5 Å². The van der Waals surface area contributed by atoms with E-state index in [1.54, 1.807) is 23.9 Å². The van der Waals surface area contributed by atoms with Crippen LogP contribution in [0.1, 0.15) is 6.42 Å². The highest BCUT2D eigenvalue weighted by atomic mass is 35.5. The third-order valence-corrected chi connectivity index (χ3v) is 3.80. The molecule has 1 rings (SSSR count). The lowest BCUT2D eigenvalue weighted by atomic mass is 10.2. The van der Waals surface area contributed by atoms with Crippen LogP contribution in [-0.2, 0) is 9.59 Å². The summed E-state index contributed by atoms with van der Waals surface area (Å²) < 4.78 is 0. The molecule has 0 heterocycles. The molecular formula is C13H17Cl2N3O2S. The molecule has 1 aromatic carbocycles. The first-order valence-corrected chi connectivity index (χ1v) is 8.36. The first-order chi connectivity index (χ1) is 9.93. The summed E-state index contributed by atoms with van der Waals surface area (Å²) in [6.45, 7) is -0.172. The quantitative estimate of drug-likeness (QED) is 0.703. The largest absolute Gasteiger partial charge is 0.346 e. The second-order valence-corrected chi connectivity index (χ2v) is 6.11. The van der Waals surface area contributed by atoms with Crippen LogP contribution in [0.25, 0.3) is 0 Å². The number of amides is 2. The first kappa shape index (κ1) is 18.1. The number of nitrogens with two attached hydrogens (primary N) is 1. The summed E-state index contributed by atoms with van der Waals surface area (Å²) in [4.78, 5) is 23.4. The minimum Gasteiger partial charge on any atom is -0.346 e. The normalized spacial score (nSPS) is 11.8. The Bertz CT molecular complexity index is 514. The number of carbonyl (C=O) groups excluding carboxylic acids is 2. The number of anilines is 1. The lowest BCUT2D eigenvalue weighted by molar-refractivity contribution is -0.125. The van der Waals surface area contributed by atoms with E-state index in [0.717, 1.165) is 5.75 Å². The molecule has 0 unspecified atom stereocenters. The molecule has 0 bridgehead atoms. The molecule has 0 aliphatic heterocycles. The molecular weight excluding hydrogens is 333 g/mol.